The number of para-hydroxylation sites is 1. The van der Waals surface area contributed by atoms with Crippen molar-refractivity contribution in [1.82, 2.24) is 10.3 Å². The first-order chi connectivity index (χ1) is 9.58. The van der Waals surface area contributed by atoms with Gasteiger partial charge < -0.3 is 10.2 Å². The monoisotopic (exact) mass is 289 g/mol. The third kappa shape index (κ3) is 3.57. The Kier molecular flexibility index (Phi) is 4.74. The van der Waals surface area contributed by atoms with Crippen molar-refractivity contribution in [3.63, 3.8) is 0 Å². The molecule has 1 aromatic carbocycles. The predicted octanol–water partition coefficient (Wildman–Crippen LogP) is 2.71. The quantitative estimate of drug-likeness (QED) is 0.920. The molecule has 4 nitrogen and oxygen atoms in total. The molecule has 1 unspecified atom stereocenters. The number of hydrogen-bond acceptors (Lipinski definition) is 4. The minimum Gasteiger partial charge on any atom is -0.370 e. The Morgan fingerprint density at radius 2 is 2.10 bits per heavy atom. The summed E-state index contributed by atoms with van der Waals surface area (Å²) in [7, 11) is 2.03. The van der Waals surface area contributed by atoms with Crippen molar-refractivity contribution in [3.8, 4) is 0 Å². The van der Waals surface area contributed by atoms with Gasteiger partial charge in [0.1, 0.15) is 4.88 Å². The Labute approximate surface area is 123 Å². The number of amides is 1. The maximum absolute atomic E-state index is 12.0. The number of nitrogens with one attached hydrogen (secondary N) is 1. The predicted molar refractivity (Wildman–Crippen MR) is 83.5 cm³/mol. The van der Waals surface area contributed by atoms with Gasteiger partial charge in [-0.1, -0.05) is 18.2 Å². The number of carbonyl (C=O) groups excluding carboxylic acids is 1. The van der Waals surface area contributed by atoms with E-state index >= 15 is 0 Å². The minimum absolute atomic E-state index is 0.0519. The van der Waals surface area contributed by atoms with Crippen LogP contribution in [0.25, 0.3) is 0 Å². The second-order valence-corrected chi connectivity index (χ2v) is 5.98. The number of likely N-dealkylation sites (N-methyl/N-ethyl adjacent to an activating group) is 1. The van der Waals surface area contributed by atoms with Crippen LogP contribution >= 0.6 is 11.3 Å². The van der Waals surface area contributed by atoms with Gasteiger partial charge in [0.05, 0.1) is 11.2 Å². The number of benzene rings is 1. The average molecular weight is 289 g/mol. The summed E-state index contributed by atoms with van der Waals surface area (Å²) >= 11 is 1.42. The summed E-state index contributed by atoms with van der Waals surface area (Å²) in [6.45, 7) is 4.58. The van der Waals surface area contributed by atoms with Crippen molar-refractivity contribution in [2.75, 3.05) is 18.5 Å². The summed E-state index contributed by atoms with van der Waals surface area (Å²) in [5, 5.41) is 3.86. The molecule has 1 amide bonds. The van der Waals surface area contributed by atoms with E-state index in [-0.39, 0.29) is 11.9 Å². The van der Waals surface area contributed by atoms with Crippen molar-refractivity contribution in [2.24, 2.45) is 0 Å². The molecular weight excluding hydrogens is 270 g/mol. The zero-order valence-corrected chi connectivity index (χ0v) is 12.8. The number of aromatic nitrogens is 1. The summed E-state index contributed by atoms with van der Waals surface area (Å²) in [4.78, 5) is 18.9. The Morgan fingerprint density at radius 1 is 1.40 bits per heavy atom. The minimum atomic E-state index is -0.0519. The van der Waals surface area contributed by atoms with Crippen LogP contribution in [-0.2, 0) is 0 Å². The fourth-order valence-corrected chi connectivity index (χ4v) is 2.54. The second kappa shape index (κ2) is 6.52. The van der Waals surface area contributed by atoms with E-state index in [2.05, 4.69) is 34.3 Å². The zero-order chi connectivity index (χ0) is 14.5. The van der Waals surface area contributed by atoms with Gasteiger partial charge in [-0.05, 0) is 26.0 Å². The molecule has 1 heterocycles. The Morgan fingerprint density at radius 3 is 2.70 bits per heavy atom. The van der Waals surface area contributed by atoms with E-state index in [1.54, 1.807) is 6.20 Å². The maximum Gasteiger partial charge on any atom is 0.263 e. The highest BCUT2D eigenvalue weighted by Gasteiger charge is 2.13. The maximum atomic E-state index is 12.0. The molecule has 0 saturated heterocycles. The third-order valence-corrected chi connectivity index (χ3v) is 4.14. The molecule has 0 bridgehead atoms. The van der Waals surface area contributed by atoms with Crippen molar-refractivity contribution in [1.29, 1.82) is 0 Å². The van der Waals surface area contributed by atoms with Gasteiger partial charge in [0.25, 0.3) is 5.91 Å². The number of hydrogen-bond donors (Lipinski definition) is 1. The largest absolute Gasteiger partial charge is 0.370 e. The number of carbonyl (C=O) groups is 1. The normalized spacial score (nSPS) is 11.9. The summed E-state index contributed by atoms with van der Waals surface area (Å²) in [5.74, 6) is -0.0519. The van der Waals surface area contributed by atoms with E-state index in [0.29, 0.717) is 11.4 Å². The number of aryl methyl sites for hydroxylation is 1. The van der Waals surface area contributed by atoms with Gasteiger partial charge in [-0.3, -0.25) is 4.79 Å². The zero-order valence-electron chi connectivity index (χ0n) is 12.0. The van der Waals surface area contributed by atoms with Crippen molar-refractivity contribution >= 4 is 22.9 Å². The number of anilines is 1. The molecule has 2 aromatic rings. The van der Waals surface area contributed by atoms with Crippen LogP contribution in [0.4, 0.5) is 5.69 Å². The topological polar surface area (TPSA) is 45.2 Å². The van der Waals surface area contributed by atoms with Crippen LogP contribution in [0.5, 0.6) is 0 Å². The van der Waals surface area contributed by atoms with Gasteiger partial charge >= 0.3 is 0 Å². The molecule has 0 fully saturated rings. The summed E-state index contributed by atoms with van der Waals surface area (Å²) in [6, 6.07) is 10.4. The van der Waals surface area contributed by atoms with Crippen molar-refractivity contribution in [2.45, 2.75) is 19.9 Å². The Balaban J connectivity index is 1.89. The molecule has 0 spiro atoms. The average Bonchev–Trinajstić information content (AvgIpc) is 2.91. The summed E-state index contributed by atoms with van der Waals surface area (Å²) in [5.41, 5.74) is 1.14. The van der Waals surface area contributed by atoms with E-state index < -0.39 is 0 Å². The third-order valence-electron chi connectivity index (χ3n) is 3.23. The molecule has 106 valence electrons. The molecule has 20 heavy (non-hydrogen) atoms. The lowest BCUT2D eigenvalue weighted by molar-refractivity contribution is 0.0955. The fraction of sp³-hybridized carbons (Fsp3) is 0.333. The fourth-order valence-electron chi connectivity index (χ4n) is 1.85. The van der Waals surface area contributed by atoms with Gasteiger partial charge in [0.15, 0.2) is 0 Å². The lowest BCUT2D eigenvalue weighted by Crippen LogP contribution is -2.40. The smallest absolute Gasteiger partial charge is 0.263 e. The van der Waals surface area contributed by atoms with Crippen LogP contribution in [0.2, 0.25) is 0 Å². The molecule has 0 saturated carbocycles. The van der Waals surface area contributed by atoms with Crippen LogP contribution in [0.3, 0.4) is 0 Å². The first-order valence-corrected chi connectivity index (χ1v) is 7.38. The molecule has 1 atom stereocenters. The van der Waals surface area contributed by atoms with Gasteiger partial charge in [-0.2, -0.15) is 0 Å². The van der Waals surface area contributed by atoms with Crippen molar-refractivity contribution < 1.29 is 4.79 Å². The lowest BCUT2D eigenvalue weighted by Gasteiger charge is -2.27. The van der Waals surface area contributed by atoms with E-state index in [9.17, 15) is 4.79 Å². The lowest BCUT2D eigenvalue weighted by atomic mass is 10.2. The van der Waals surface area contributed by atoms with Crippen LogP contribution in [0.15, 0.2) is 36.5 Å². The highest BCUT2D eigenvalue weighted by Crippen LogP contribution is 2.14. The Bertz CT molecular complexity index is 568. The van der Waals surface area contributed by atoms with Gasteiger partial charge in [-0.15, -0.1) is 11.3 Å². The molecule has 0 radical (unpaired) electrons. The molecular formula is C15H19N3OS. The van der Waals surface area contributed by atoms with Crippen LogP contribution < -0.4 is 10.2 Å². The first-order valence-electron chi connectivity index (χ1n) is 6.56. The number of nitrogens with zero attached hydrogens (tertiary/aromatic N) is 2. The molecule has 0 aliphatic carbocycles. The van der Waals surface area contributed by atoms with Crippen LogP contribution in [-0.4, -0.2) is 30.5 Å². The first kappa shape index (κ1) is 14.5. The number of thiazole rings is 1. The van der Waals surface area contributed by atoms with Crippen LogP contribution in [0.1, 0.15) is 21.6 Å². The standard InChI is InChI=1S/C15H19N3OS/c1-11(18(3)13-7-5-4-6-8-13)9-17-15(19)14-10-16-12(2)20-14/h4-8,10-11H,9H2,1-3H3,(H,17,19). The van der Waals surface area contributed by atoms with Crippen molar-refractivity contribution in [3.05, 3.63) is 46.4 Å². The van der Waals surface area contributed by atoms with E-state index in [1.165, 1.54) is 11.3 Å². The molecule has 0 aliphatic heterocycles. The second-order valence-electron chi connectivity index (χ2n) is 4.75. The highest BCUT2D eigenvalue weighted by molar-refractivity contribution is 7.13. The Hall–Kier alpha value is -1.88. The molecule has 5 heteroatoms. The van der Waals surface area contributed by atoms with Gasteiger partial charge in [0, 0.05) is 25.3 Å². The number of rotatable bonds is 5. The summed E-state index contributed by atoms with van der Waals surface area (Å²) < 4.78 is 0. The molecule has 1 N–H and O–H groups in total. The van der Waals surface area contributed by atoms with Gasteiger partial charge in [0.2, 0.25) is 0 Å². The molecule has 0 aliphatic rings. The highest BCUT2D eigenvalue weighted by atomic mass is 32.1. The van der Waals surface area contributed by atoms with E-state index in [4.69, 9.17) is 0 Å². The molecule has 2 rings (SSSR count). The van der Waals surface area contributed by atoms with E-state index in [1.807, 2.05) is 32.2 Å². The summed E-state index contributed by atoms with van der Waals surface area (Å²) in [6.07, 6.45) is 1.63. The van der Waals surface area contributed by atoms with Gasteiger partial charge in [-0.25, -0.2) is 4.98 Å². The SMILES string of the molecule is Cc1ncc(C(=O)NCC(C)N(C)c2ccccc2)s1. The molecule has 1 aromatic heterocycles. The van der Waals surface area contributed by atoms with Crippen LogP contribution in [0, 0.1) is 6.92 Å². The van der Waals surface area contributed by atoms with E-state index in [0.717, 1.165) is 10.7 Å².